The van der Waals surface area contributed by atoms with Gasteiger partial charge in [-0.3, -0.25) is 0 Å². The average Bonchev–Trinajstić information content (AvgIpc) is 1.93. The van der Waals surface area contributed by atoms with Crippen molar-refractivity contribution in [2.75, 3.05) is 0 Å². The van der Waals surface area contributed by atoms with Crippen molar-refractivity contribution in [1.29, 1.82) is 0 Å². The van der Waals surface area contributed by atoms with Gasteiger partial charge in [-0.25, -0.2) is 0 Å². The molecule has 0 amide bonds. The Morgan fingerprint density at radius 1 is 1.20 bits per heavy atom. The van der Waals surface area contributed by atoms with E-state index in [1.807, 2.05) is 0 Å². The van der Waals surface area contributed by atoms with E-state index in [4.69, 9.17) is 0 Å². The zero-order chi connectivity index (χ0) is 10.3. The van der Waals surface area contributed by atoms with Crippen LogP contribution >= 0.6 is 0 Å². The Bertz CT molecular complexity index is 150. The second-order valence-corrected chi connectivity index (χ2v) is 10.2. The second kappa shape index (κ2) is 11.5. The van der Waals surface area contributed by atoms with E-state index < -0.39 is 8.07 Å². The first-order valence-electron chi connectivity index (χ1n) is 5.43. The quantitative estimate of drug-likeness (QED) is 0.379. The fraction of sp³-hybridized carbons (Fsp3) is 0.750. The van der Waals surface area contributed by atoms with Gasteiger partial charge in [0.2, 0.25) is 0 Å². The first-order chi connectivity index (χ1) is 5.92. The van der Waals surface area contributed by atoms with Gasteiger partial charge in [0.1, 0.15) is 0 Å². The molecule has 0 radical (unpaired) electrons. The fourth-order valence-corrected chi connectivity index (χ4v) is 2.00. The fourth-order valence-electron chi connectivity index (χ4n) is 1.12. The van der Waals surface area contributed by atoms with Crippen LogP contribution in [0.25, 0.3) is 0 Å². The first kappa shape index (κ1) is 21.3. The second-order valence-electron chi connectivity index (χ2n) is 5.18. The third-order valence-electron chi connectivity index (χ3n) is 1.83. The van der Waals surface area contributed by atoms with Gasteiger partial charge in [0, 0.05) is 0 Å². The molecule has 0 heterocycles. The van der Waals surface area contributed by atoms with E-state index in [-0.39, 0.29) is 35.5 Å². The van der Waals surface area contributed by atoms with Gasteiger partial charge in [-0.1, -0.05) is 51.7 Å². The third-order valence-corrected chi connectivity index (χ3v) is 3.07. The summed E-state index contributed by atoms with van der Waals surface area (Å²) in [6.07, 6.45) is 8.63. The van der Waals surface area contributed by atoms with E-state index in [0.29, 0.717) is 0 Å². The van der Waals surface area contributed by atoms with Crippen molar-refractivity contribution < 1.29 is 12.4 Å². The van der Waals surface area contributed by atoms with E-state index in [1.165, 1.54) is 19.3 Å². The van der Waals surface area contributed by atoms with E-state index in [1.54, 1.807) is 0 Å². The third kappa shape index (κ3) is 21.0. The summed E-state index contributed by atoms with van der Waals surface area (Å²) in [6, 6.07) is 0. The molecule has 0 rings (SSSR count). The molecule has 0 atom stereocenters. The normalized spacial score (nSPS) is 11.3. The monoisotopic (exact) mass is 256 g/mol. The number of allylic oxidation sites excluding steroid dienone is 1. The Hall–Kier alpha value is 1.01. The van der Waals surface area contributed by atoms with Crippen LogP contribution in [-0.4, -0.2) is 31.1 Å². The molecule has 86 valence electrons. The van der Waals surface area contributed by atoms with Gasteiger partial charge in [0.25, 0.3) is 0 Å². The molecule has 0 spiro atoms. The van der Waals surface area contributed by atoms with Gasteiger partial charge in [0.05, 0.1) is 8.07 Å². The molecular formula is C12H25ClMgSi. The molecule has 15 heavy (non-hydrogen) atoms. The van der Waals surface area contributed by atoms with E-state index >= 15 is 0 Å². The number of rotatable bonds is 6. The molecule has 0 nitrogen and oxygen atoms in total. The van der Waals surface area contributed by atoms with Crippen LogP contribution in [-0.2, 0) is 0 Å². The van der Waals surface area contributed by atoms with Gasteiger partial charge >= 0.3 is 23.1 Å². The Morgan fingerprint density at radius 3 is 2.13 bits per heavy atom. The van der Waals surface area contributed by atoms with Crippen molar-refractivity contribution in [1.82, 2.24) is 0 Å². The van der Waals surface area contributed by atoms with Crippen LogP contribution < -0.4 is 12.4 Å². The Labute approximate surface area is 120 Å². The maximum Gasteiger partial charge on any atom is 2.00 e. The summed E-state index contributed by atoms with van der Waals surface area (Å²) < 4.78 is 0. The molecule has 0 aliphatic heterocycles. The largest absolute Gasteiger partial charge is 2.00 e. The van der Waals surface area contributed by atoms with E-state index in [9.17, 15) is 0 Å². The number of unbranched alkanes of at least 4 members (excludes halogenated alkanes) is 2. The smallest absolute Gasteiger partial charge is 1.00 e. The summed E-state index contributed by atoms with van der Waals surface area (Å²) in [4.78, 5) is 0. The van der Waals surface area contributed by atoms with Crippen LogP contribution in [0.15, 0.2) is 11.8 Å². The molecule has 0 saturated carbocycles. The Kier molecular flexibility index (Phi) is 16.3. The molecule has 0 aliphatic carbocycles. The van der Waals surface area contributed by atoms with Crippen molar-refractivity contribution in [2.45, 2.75) is 52.8 Å². The first-order valence-corrected chi connectivity index (χ1v) is 9.00. The summed E-state index contributed by atoms with van der Waals surface area (Å²) in [5.74, 6) is 0.751. The van der Waals surface area contributed by atoms with Crippen molar-refractivity contribution in [3.8, 4) is 0 Å². The SMILES string of the molecule is CC(C)[CH-]CCC/C=C\[Si](C)(C)C.[Cl-].[Mg+2]. The van der Waals surface area contributed by atoms with Crippen LogP contribution in [0.2, 0.25) is 19.6 Å². The van der Waals surface area contributed by atoms with Gasteiger partial charge in [-0.15, -0.1) is 0 Å². The van der Waals surface area contributed by atoms with Gasteiger partial charge < -0.3 is 18.8 Å². The molecule has 0 unspecified atom stereocenters. The number of hydrogen-bond donors (Lipinski definition) is 0. The van der Waals surface area contributed by atoms with E-state index in [2.05, 4.69) is 51.7 Å². The average molecular weight is 257 g/mol. The van der Waals surface area contributed by atoms with Crippen LogP contribution in [0.3, 0.4) is 0 Å². The molecule has 3 heteroatoms. The van der Waals surface area contributed by atoms with Gasteiger partial charge in [0.15, 0.2) is 0 Å². The minimum Gasteiger partial charge on any atom is -1.00 e. The van der Waals surface area contributed by atoms with Crippen LogP contribution in [0.1, 0.15) is 33.1 Å². The zero-order valence-corrected chi connectivity index (χ0v) is 14.2. The predicted octanol–water partition coefficient (Wildman–Crippen LogP) is 1.07. The van der Waals surface area contributed by atoms with Crippen LogP contribution in [0.4, 0.5) is 0 Å². The molecule has 0 saturated heterocycles. The molecule has 0 aliphatic rings. The van der Waals surface area contributed by atoms with Crippen LogP contribution in [0.5, 0.6) is 0 Å². The molecule has 0 aromatic rings. The molecule has 0 aromatic heterocycles. The van der Waals surface area contributed by atoms with Crippen molar-refractivity contribution in [3.05, 3.63) is 18.2 Å². The molecule has 0 N–H and O–H groups in total. The van der Waals surface area contributed by atoms with Gasteiger partial charge in [-0.2, -0.15) is 12.3 Å². The minimum atomic E-state index is -0.930. The summed E-state index contributed by atoms with van der Waals surface area (Å²) in [6.45, 7) is 11.6. The number of halogens is 1. The molecular weight excluding hydrogens is 232 g/mol. The maximum atomic E-state index is 2.45. The van der Waals surface area contributed by atoms with Crippen molar-refractivity contribution >= 4 is 31.1 Å². The van der Waals surface area contributed by atoms with Gasteiger partial charge in [-0.05, 0) is 6.42 Å². The number of hydrogen-bond acceptors (Lipinski definition) is 0. The molecule has 0 bridgehead atoms. The zero-order valence-electron chi connectivity index (χ0n) is 11.0. The molecule has 0 aromatic carbocycles. The van der Waals surface area contributed by atoms with E-state index in [0.717, 1.165) is 5.92 Å². The summed E-state index contributed by atoms with van der Waals surface area (Å²) in [7, 11) is -0.930. The summed E-state index contributed by atoms with van der Waals surface area (Å²) in [5, 5.41) is 0. The standard InChI is InChI=1S/C12H25Si.ClH.Mg/c1-12(2)10-8-6-7-9-11-13(3,4)5;;/h9-12H,6-8H2,1-5H3;1H;/q-1;;+2/p-1/b11-9-;;. The van der Waals surface area contributed by atoms with Crippen LogP contribution in [0, 0.1) is 12.3 Å². The molecule has 0 fully saturated rings. The minimum absolute atomic E-state index is 0. The summed E-state index contributed by atoms with van der Waals surface area (Å²) >= 11 is 0. The predicted molar refractivity (Wildman–Crippen MR) is 71.2 cm³/mol. The summed E-state index contributed by atoms with van der Waals surface area (Å²) in [5.41, 5.74) is 2.45. The Balaban J connectivity index is -0.000000720. The Morgan fingerprint density at radius 2 is 1.73 bits per heavy atom. The maximum absolute atomic E-state index is 2.45. The van der Waals surface area contributed by atoms with Crippen molar-refractivity contribution in [3.63, 3.8) is 0 Å². The topological polar surface area (TPSA) is 0 Å². The van der Waals surface area contributed by atoms with Crippen molar-refractivity contribution in [2.24, 2.45) is 5.92 Å².